The van der Waals surface area contributed by atoms with Gasteiger partial charge in [-0.3, -0.25) is 9.48 Å². The van der Waals surface area contributed by atoms with Gasteiger partial charge in [0.2, 0.25) is 0 Å². The predicted molar refractivity (Wildman–Crippen MR) is 69.3 cm³/mol. The molecular formula is C13H13N3O3. The van der Waals surface area contributed by atoms with Crippen LogP contribution in [0.3, 0.4) is 0 Å². The van der Waals surface area contributed by atoms with Crippen LogP contribution in [-0.4, -0.2) is 26.8 Å². The Bertz CT molecular complexity index is 646. The normalized spacial score (nSPS) is 10.2. The van der Waals surface area contributed by atoms with Crippen molar-refractivity contribution in [2.75, 3.05) is 5.32 Å². The van der Waals surface area contributed by atoms with Crippen LogP contribution in [0.2, 0.25) is 0 Å². The molecule has 2 rings (SSSR count). The molecule has 1 aromatic carbocycles. The molecule has 0 aliphatic carbocycles. The molecule has 2 N–H and O–H groups in total. The van der Waals surface area contributed by atoms with Gasteiger partial charge in [0.05, 0.1) is 5.56 Å². The molecule has 6 nitrogen and oxygen atoms in total. The van der Waals surface area contributed by atoms with E-state index in [1.165, 1.54) is 16.8 Å². The Morgan fingerprint density at radius 3 is 2.63 bits per heavy atom. The molecule has 0 radical (unpaired) electrons. The molecule has 1 aromatic heterocycles. The highest BCUT2D eigenvalue weighted by molar-refractivity contribution is 6.03. The van der Waals surface area contributed by atoms with Gasteiger partial charge in [0.25, 0.3) is 5.91 Å². The van der Waals surface area contributed by atoms with Crippen molar-refractivity contribution in [2.24, 2.45) is 7.05 Å². The molecule has 98 valence electrons. The summed E-state index contributed by atoms with van der Waals surface area (Å²) in [5.41, 5.74) is 1.66. The van der Waals surface area contributed by atoms with Crippen LogP contribution in [0.15, 0.2) is 30.5 Å². The van der Waals surface area contributed by atoms with Crippen molar-refractivity contribution < 1.29 is 14.7 Å². The van der Waals surface area contributed by atoms with Gasteiger partial charge in [-0.25, -0.2) is 4.79 Å². The maximum absolute atomic E-state index is 11.9. The van der Waals surface area contributed by atoms with E-state index in [1.54, 1.807) is 32.3 Å². The second-order valence-electron chi connectivity index (χ2n) is 4.16. The summed E-state index contributed by atoms with van der Waals surface area (Å²) in [6, 6.07) is 6.16. The first kappa shape index (κ1) is 12.8. The summed E-state index contributed by atoms with van der Waals surface area (Å²) in [5.74, 6) is -1.40. The molecule has 0 saturated carbocycles. The fraction of sp³-hybridized carbons (Fsp3) is 0.154. The molecule has 0 aliphatic rings. The van der Waals surface area contributed by atoms with E-state index in [1.807, 2.05) is 0 Å². The summed E-state index contributed by atoms with van der Waals surface area (Å²) in [6.45, 7) is 1.79. The number of nitrogens with zero attached hydrogens (tertiary/aromatic N) is 2. The summed E-state index contributed by atoms with van der Waals surface area (Å²) in [7, 11) is 1.72. The number of carbonyl (C=O) groups excluding carboxylic acids is 1. The highest BCUT2D eigenvalue weighted by atomic mass is 16.4. The van der Waals surface area contributed by atoms with Crippen molar-refractivity contribution in [3.05, 3.63) is 47.3 Å². The Hall–Kier alpha value is -2.63. The van der Waals surface area contributed by atoms with Gasteiger partial charge in [0.1, 0.15) is 0 Å². The molecule has 0 aliphatic heterocycles. The van der Waals surface area contributed by atoms with Crippen LogP contribution in [0, 0.1) is 6.92 Å². The third-order valence-electron chi connectivity index (χ3n) is 2.68. The van der Waals surface area contributed by atoms with E-state index in [9.17, 15) is 9.59 Å². The molecule has 6 heteroatoms. The lowest BCUT2D eigenvalue weighted by Gasteiger charge is -2.08. The van der Waals surface area contributed by atoms with Crippen molar-refractivity contribution in [2.45, 2.75) is 6.92 Å². The van der Waals surface area contributed by atoms with E-state index in [0.29, 0.717) is 5.69 Å². The van der Waals surface area contributed by atoms with Crippen molar-refractivity contribution in [1.29, 1.82) is 0 Å². The lowest BCUT2D eigenvalue weighted by atomic mass is 10.1. The van der Waals surface area contributed by atoms with Crippen LogP contribution in [-0.2, 0) is 7.05 Å². The van der Waals surface area contributed by atoms with Crippen molar-refractivity contribution in [3.8, 4) is 0 Å². The number of nitrogens with one attached hydrogen (secondary N) is 1. The molecule has 1 amide bonds. The maximum Gasteiger partial charge on any atom is 0.335 e. The molecule has 0 saturated heterocycles. The summed E-state index contributed by atoms with van der Waals surface area (Å²) >= 11 is 0. The number of amides is 1. The Labute approximate surface area is 109 Å². The summed E-state index contributed by atoms with van der Waals surface area (Å²) in [4.78, 5) is 22.8. The van der Waals surface area contributed by atoms with E-state index in [4.69, 9.17) is 5.11 Å². The second kappa shape index (κ2) is 4.93. The van der Waals surface area contributed by atoms with Crippen LogP contribution >= 0.6 is 0 Å². The lowest BCUT2D eigenvalue weighted by Crippen LogP contribution is -2.14. The van der Waals surface area contributed by atoms with Gasteiger partial charge in [0, 0.05) is 18.9 Å². The average molecular weight is 259 g/mol. The highest BCUT2D eigenvalue weighted by Gasteiger charge is 2.12. The number of carboxylic acids is 1. The number of aryl methyl sites for hydroxylation is 2. The van der Waals surface area contributed by atoms with Gasteiger partial charge in [0.15, 0.2) is 5.69 Å². The van der Waals surface area contributed by atoms with Crippen LogP contribution < -0.4 is 5.32 Å². The van der Waals surface area contributed by atoms with Crippen LogP contribution in [0.1, 0.15) is 26.4 Å². The van der Waals surface area contributed by atoms with Crippen LogP contribution in [0.5, 0.6) is 0 Å². The molecule has 0 unspecified atom stereocenters. The minimum atomic E-state index is -1.03. The SMILES string of the molecule is Cc1ccc(C(=O)O)cc1NC(=O)c1ccn(C)n1. The second-order valence-corrected chi connectivity index (χ2v) is 4.16. The maximum atomic E-state index is 11.9. The fourth-order valence-corrected chi connectivity index (χ4v) is 1.61. The Morgan fingerprint density at radius 2 is 2.05 bits per heavy atom. The summed E-state index contributed by atoms with van der Waals surface area (Å²) in [6.07, 6.45) is 1.66. The molecule has 0 fully saturated rings. The molecule has 0 bridgehead atoms. The minimum Gasteiger partial charge on any atom is -0.478 e. The molecule has 0 spiro atoms. The zero-order chi connectivity index (χ0) is 14.0. The summed E-state index contributed by atoms with van der Waals surface area (Å²) in [5, 5.41) is 15.6. The largest absolute Gasteiger partial charge is 0.478 e. The Kier molecular flexibility index (Phi) is 3.33. The van der Waals surface area contributed by atoms with E-state index in [0.717, 1.165) is 5.56 Å². The zero-order valence-corrected chi connectivity index (χ0v) is 10.5. The number of benzene rings is 1. The van der Waals surface area contributed by atoms with Gasteiger partial charge in [-0.15, -0.1) is 0 Å². The molecule has 19 heavy (non-hydrogen) atoms. The highest BCUT2D eigenvalue weighted by Crippen LogP contribution is 2.17. The molecule has 2 aromatic rings. The van der Waals surface area contributed by atoms with E-state index in [-0.39, 0.29) is 17.2 Å². The van der Waals surface area contributed by atoms with Crippen molar-refractivity contribution in [1.82, 2.24) is 9.78 Å². The Balaban J connectivity index is 2.25. The number of carboxylic acid groups (broad SMARTS) is 1. The number of aromatic nitrogens is 2. The van der Waals surface area contributed by atoms with Gasteiger partial charge in [-0.2, -0.15) is 5.10 Å². The van der Waals surface area contributed by atoms with Gasteiger partial charge in [-0.1, -0.05) is 6.07 Å². The minimum absolute atomic E-state index is 0.127. The van der Waals surface area contributed by atoms with Gasteiger partial charge < -0.3 is 10.4 Å². The number of aromatic carboxylic acids is 1. The smallest absolute Gasteiger partial charge is 0.335 e. The van der Waals surface area contributed by atoms with Gasteiger partial charge in [-0.05, 0) is 30.7 Å². The third kappa shape index (κ3) is 2.79. The van der Waals surface area contributed by atoms with Crippen LogP contribution in [0.4, 0.5) is 5.69 Å². The lowest BCUT2D eigenvalue weighted by molar-refractivity contribution is 0.0696. The fourth-order valence-electron chi connectivity index (χ4n) is 1.61. The first-order valence-corrected chi connectivity index (χ1v) is 5.62. The number of hydrogen-bond acceptors (Lipinski definition) is 3. The number of anilines is 1. The quantitative estimate of drug-likeness (QED) is 0.878. The predicted octanol–water partition coefficient (Wildman–Crippen LogP) is 1.68. The first-order chi connectivity index (χ1) is 8.97. The number of hydrogen-bond donors (Lipinski definition) is 2. The zero-order valence-electron chi connectivity index (χ0n) is 10.5. The molecular weight excluding hydrogens is 246 g/mol. The standard InChI is InChI=1S/C13H13N3O3/c1-8-3-4-9(13(18)19)7-11(8)14-12(17)10-5-6-16(2)15-10/h3-7H,1-2H3,(H,14,17)(H,18,19). The van der Waals surface area contributed by atoms with Crippen molar-refractivity contribution >= 4 is 17.6 Å². The average Bonchev–Trinajstić information content (AvgIpc) is 2.78. The molecule has 0 atom stereocenters. The molecule has 1 heterocycles. The van der Waals surface area contributed by atoms with E-state index < -0.39 is 5.97 Å². The number of rotatable bonds is 3. The number of carbonyl (C=O) groups is 2. The summed E-state index contributed by atoms with van der Waals surface area (Å²) < 4.78 is 1.52. The van der Waals surface area contributed by atoms with Crippen molar-refractivity contribution in [3.63, 3.8) is 0 Å². The third-order valence-corrected chi connectivity index (χ3v) is 2.68. The first-order valence-electron chi connectivity index (χ1n) is 5.62. The topological polar surface area (TPSA) is 84.2 Å². The van der Waals surface area contributed by atoms with Crippen LogP contribution in [0.25, 0.3) is 0 Å². The van der Waals surface area contributed by atoms with Gasteiger partial charge >= 0.3 is 5.97 Å². The van der Waals surface area contributed by atoms with E-state index >= 15 is 0 Å². The monoisotopic (exact) mass is 259 g/mol. The van der Waals surface area contributed by atoms with E-state index in [2.05, 4.69) is 10.4 Å². The Morgan fingerprint density at radius 1 is 1.32 bits per heavy atom.